The van der Waals surface area contributed by atoms with Gasteiger partial charge in [0, 0.05) is 6.08 Å². The number of aliphatic hydroxyl groups is 1. The van der Waals surface area contributed by atoms with Crippen LogP contribution in [0.2, 0.25) is 0 Å². The van der Waals surface area contributed by atoms with Crippen molar-refractivity contribution >= 4 is 17.6 Å². The molecule has 0 aromatic carbocycles. The number of cyclic esters (lactones) is 1. The van der Waals surface area contributed by atoms with Gasteiger partial charge in [-0.1, -0.05) is 0 Å². The fourth-order valence-electron chi connectivity index (χ4n) is 0.725. The van der Waals surface area contributed by atoms with Gasteiger partial charge in [-0.3, -0.25) is 0 Å². The summed E-state index contributed by atoms with van der Waals surface area (Å²) in [6, 6.07) is 0. The lowest BCUT2D eigenvalue weighted by Gasteiger charge is -2.07. The first-order chi connectivity index (χ1) is 5.59. The lowest BCUT2D eigenvalue weighted by molar-refractivity contribution is -0.132. The summed E-state index contributed by atoms with van der Waals surface area (Å²) in [7, 11) is 0. The van der Waals surface area contributed by atoms with E-state index >= 15 is 0 Å². The SMILES string of the molecule is C[C@H](Cl)[C@H](O)/C=C1\C=CC(=O)O1. The molecule has 0 aliphatic carbocycles. The Morgan fingerprint density at radius 3 is 2.75 bits per heavy atom. The van der Waals surface area contributed by atoms with E-state index < -0.39 is 17.5 Å². The van der Waals surface area contributed by atoms with Crippen LogP contribution in [0.5, 0.6) is 0 Å². The van der Waals surface area contributed by atoms with Crippen LogP contribution in [-0.2, 0) is 9.53 Å². The van der Waals surface area contributed by atoms with Crippen LogP contribution in [0.15, 0.2) is 24.0 Å². The number of hydrogen-bond donors (Lipinski definition) is 1. The highest BCUT2D eigenvalue weighted by molar-refractivity contribution is 6.20. The fraction of sp³-hybridized carbons (Fsp3) is 0.375. The Bertz CT molecular complexity index is 243. The van der Waals surface area contributed by atoms with Crippen molar-refractivity contribution in [2.24, 2.45) is 0 Å². The van der Waals surface area contributed by atoms with Gasteiger partial charge in [-0.05, 0) is 19.1 Å². The van der Waals surface area contributed by atoms with E-state index in [-0.39, 0.29) is 0 Å². The molecule has 0 amide bonds. The molecule has 0 aromatic heterocycles. The molecule has 0 unspecified atom stereocenters. The molecule has 0 radical (unpaired) electrons. The summed E-state index contributed by atoms with van der Waals surface area (Å²) in [6.45, 7) is 1.66. The zero-order chi connectivity index (χ0) is 9.14. The van der Waals surface area contributed by atoms with Crippen LogP contribution in [0, 0.1) is 0 Å². The van der Waals surface area contributed by atoms with Gasteiger partial charge in [-0.15, -0.1) is 11.6 Å². The van der Waals surface area contributed by atoms with Gasteiger partial charge >= 0.3 is 5.97 Å². The van der Waals surface area contributed by atoms with Crippen molar-refractivity contribution in [2.75, 3.05) is 0 Å². The Labute approximate surface area is 75.3 Å². The topological polar surface area (TPSA) is 46.5 Å². The molecule has 0 saturated heterocycles. The molecule has 3 nitrogen and oxygen atoms in total. The van der Waals surface area contributed by atoms with Crippen molar-refractivity contribution in [3.8, 4) is 0 Å². The van der Waals surface area contributed by atoms with E-state index in [1.165, 1.54) is 18.2 Å². The fourth-order valence-corrected chi connectivity index (χ4v) is 0.798. The van der Waals surface area contributed by atoms with E-state index in [0.717, 1.165) is 0 Å². The van der Waals surface area contributed by atoms with Crippen molar-refractivity contribution < 1.29 is 14.6 Å². The summed E-state index contributed by atoms with van der Waals surface area (Å²) < 4.78 is 4.67. The van der Waals surface area contributed by atoms with Crippen molar-refractivity contribution in [2.45, 2.75) is 18.4 Å². The summed E-state index contributed by atoms with van der Waals surface area (Å²) in [4.78, 5) is 10.5. The highest BCUT2D eigenvalue weighted by Gasteiger charge is 2.14. The van der Waals surface area contributed by atoms with Gasteiger partial charge in [-0.2, -0.15) is 0 Å². The molecule has 1 rings (SSSR count). The Morgan fingerprint density at radius 1 is 1.67 bits per heavy atom. The average Bonchev–Trinajstić information content (AvgIpc) is 2.35. The second kappa shape index (κ2) is 3.74. The Kier molecular flexibility index (Phi) is 2.89. The molecule has 4 heteroatoms. The van der Waals surface area contributed by atoms with Crippen molar-refractivity contribution in [3.63, 3.8) is 0 Å². The molecule has 1 aliphatic heterocycles. The molecule has 12 heavy (non-hydrogen) atoms. The van der Waals surface area contributed by atoms with Crippen LogP contribution in [0.3, 0.4) is 0 Å². The molecule has 2 atom stereocenters. The van der Waals surface area contributed by atoms with Crippen molar-refractivity contribution in [1.29, 1.82) is 0 Å². The number of halogens is 1. The number of aliphatic hydroxyl groups excluding tert-OH is 1. The van der Waals surface area contributed by atoms with Crippen LogP contribution >= 0.6 is 11.6 Å². The number of carbonyl (C=O) groups is 1. The Hall–Kier alpha value is -0.800. The molecular formula is C8H9ClO3. The predicted octanol–water partition coefficient (Wildman–Crippen LogP) is 0.972. The second-order valence-electron chi connectivity index (χ2n) is 2.49. The van der Waals surface area contributed by atoms with Gasteiger partial charge in [0.15, 0.2) is 0 Å². The summed E-state index contributed by atoms with van der Waals surface area (Å²) in [5, 5.41) is 8.84. The van der Waals surface area contributed by atoms with E-state index in [0.29, 0.717) is 5.76 Å². The highest BCUT2D eigenvalue weighted by Crippen LogP contribution is 2.12. The number of esters is 1. The van der Waals surface area contributed by atoms with E-state index in [4.69, 9.17) is 11.6 Å². The number of alkyl halides is 1. The first-order valence-electron chi connectivity index (χ1n) is 3.53. The monoisotopic (exact) mass is 188 g/mol. The molecule has 1 aliphatic rings. The molecule has 0 fully saturated rings. The largest absolute Gasteiger partial charge is 0.424 e. The molecule has 1 heterocycles. The normalized spacial score (nSPS) is 24.2. The van der Waals surface area contributed by atoms with Gasteiger partial charge in [-0.25, -0.2) is 4.79 Å². The minimum Gasteiger partial charge on any atom is -0.424 e. The summed E-state index contributed by atoms with van der Waals surface area (Å²) in [5.41, 5.74) is 0. The lowest BCUT2D eigenvalue weighted by Crippen LogP contribution is -2.14. The van der Waals surface area contributed by atoms with Gasteiger partial charge in [0.2, 0.25) is 0 Å². The lowest BCUT2D eigenvalue weighted by atomic mass is 10.2. The molecular weight excluding hydrogens is 180 g/mol. The first kappa shape index (κ1) is 9.29. The maximum absolute atomic E-state index is 10.5. The summed E-state index contributed by atoms with van der Waals surface area (Å²) in [6.07, 6.45) is 3.39. The van der Waals surface area contributed by atoms with Crippen LogP contribution in [0.4, 0.5) is 0 Å². The van der Waals surface area contributed by atoms with E-state index in [9.17, 15) is 9.90 Å². The standard InChI is InChI=1S/C8H9ClO3/c1-5(9)7(10)4-6-2-3-8(11)12-6/h2-5,7,10H,1H3/b6-4+/t5-,7+/m0/s1. The maximum Gasteiger partial charge on any atom is 0.336 e. The molecule has 0 saturated carbocycles. The molecule has 66 valence electrons. The Balaban J connectivity index is 2.59. The van der Waals surface area contributed by atoms with Crippen molar-refractivity contribution in [3.05, 3.63) is 24.0 Å². The smallest absolute Gasteiger partial charge is 0.336 e. The molecule has 0 aromatic rings. The number of hydrogen-bond acceptors (Lipinski definition) is 3. The van der Waals surface area contributed by atoms with Crippen molar-refractivity contribution in [1.82, 2.24) is 0 Å². The second-order valence-corrected chi connectivity index (χ2v) is 3.18. The number of ether oxygens (including phenoxy) is 1. The van der Waals surface area contributed by atoms with Crippen LogP contribution in [-0.4, -0.2) is 22.6 Å². The minimum absolute atomic E-state index is 0.347. The van der Waals surface area contributed by atoms with E-state index in [1.807, 2.05) is 0 Å². The maximum atomic E-state index is 10.5. The van der Waals surface area contributed by atoms with E-state index in [1.54, 1.807) is 6.92 Å². The number of carbonyl (C=O) groups excluding carboxylic acids is 1. The summed E-state index contributed by atoms with van der Waals surface area (Å²) in [5.74, 6) is -0.0734. The quantitative estimate of drug-likeness (QED) is 0.519. The molecule has 0 spiro atoms. The molecule has 1 N–H and O–H groups in total. The van der Waals surface area contributed by atoms with Gasteiger partial charge in [0.25, 0.3) is 0 Å². The predicted molar refractivity (Wildman–Crippen MR) is 44.6 cm³/mol. The average molecular weight is 189 g/mol. The van der Waals surface area contributed by atoms with Crippen LogP contribution in [0.25, 0.3) is 0 Å². The third kappa shape index (κ3) is 2.36. The van der Waals surface area contributed by atoms with Gasteiger partial charge < -0.3 is 9.84 Å². The Morgan fingerprint density at radius 2 is 2.33 bits per heavy atom. The van der Waals surface area contributed by atoms with Gasteiger partial charge in [0.05, 0.1) is 11.5 Å². The zero-order valence-electron chi connectivity index (χ0n) is 6.53. The first-order valence-corrected chi connectivity index (χ1v) is 3.97. The third-order valence-corrected chi connectivity index (χ3v) is 1.67. The number of allylic oxidation sites excluding steroid dienone is 1. The van der Waals surface area contributed by atoms with Gasteiger partial charge in [0.1, 0.15) is 5.76 Å². The highest BCUT2D eigenvalue weighted by atomic mass is 35.5. The summed E-state index contributed by atoms with van der Waals surface area (Å²) >= 11 is 5.58. The van der Waals surface area contributed by atoms with Crippen LogP contribution in [0.1, 0.15) is 6.92 Å². The van der Waals surface area contributed by atoms with Crippen LogP contribution < -0.4 is 0 Å². The molecule has 0 bridgehead atoms. The zero-order valence-corrected chi connectivity index (χ0v) is 7.28. The number of rotatable bonds is 2. The van der Waals surface area contributed by atoms with E-state index in [2.05, 4.69) is 4.74 Å². The minimum atomic E-state index is -0.794. The third-order valence-electron chi connectivity index (χ3n) is 1.41.